The zero-order valence-electron chi connectivity index (χ0n) is 17.4. The number of hydrogen-bond acceptors (Lipinski definition) is 5. The van der Waals surface area contributed by atoms with Crippen LogP contribution in [0.5, 0.6) is 0 Å². The normalized spacial score (nSPS) is 17.8. The van der Waals surface area contributed by atoms with E-state index in [1.807, 2.05) is 42.2 Å². The van der Waals surface area contributed by atoms with Crippen molar-refractivity contribution in [3.05, 3.63) is 53.5 Å². The molecule has 1 atom stereocenters. The molecule has 0 bridgehead atoms. The quantitative estimate of drug-likeness (QED) is 0.831. The number of carbonyl (C=O) groups is 1. The van der Waals surface area contributed by atoms with Crippen molar-refractivity contribution in [2.45, 2.75) is 52.7 Å². The van der Waals surface area contributed by atoms with Crippen molar-refractivity contribution in [2.24, 2.45) is 0 Å². The molecule has 6 nitrogen and oxygen atoms in total. The Labute approximate surface area is 168 Å². The Morgan fingerprint density at radius 1 is 1.25 bits per heavy atom. The van der Waals surface area contributed by atoms with Gasteiger partial charge in [-0.2, -0.15) is 0 Å². The molecule has 3 heterocycles. The Morgan fingerprint density at radius 3 is 2.71 bits per heavy atom. The van der Waals surface area contributed by atoms with Crippen LogP contribution in [0.2, 0.25) is 0 Å². The van der Waals surface area contributed by atoms with Crippen LogP contribution in [0.1, 0.15) is 48.9 Å². The molecule has 0 radical (unpaired) electrons. The van der Waals surface area contributed by atoms with E-state index in [2.05, 4.69) is 41.0 Å². The van der Waals surface area contributed by atoms with Gasteiger partial charge in [0, 0.05) is 43.6 Å². The van der Waals surface area contributed by atoms with E-state index in [4.69, 9.17) is 0 Å². The molecule has 1 fully saturated rings. The maximum absolute atomic E-state index is 12.9. The van der Waals surface area contributed by atoms with Gasteiger partial charge in [0.15, 0.2) is 0 Å². The Balaban J connectivity index is 1.59. The number of hydrogen-bond donors (Lipinski definition) is 1. The summed E-state index contributed by atoms with van der Waals surface area (Å²) < 4.78 is 0. The topological polar surface area (TPSA) is 61.4 Å². The minimum absolute atomic E-state index is 0.0706. The lowest BCUT2D eigenvalue weighted by Gasteiger charge is -2.43. The molecule has 6 heteroatoms. The van der Waals surface area contributed by atoms with Crippen LogP contribution < -0.4 is 5.32 Å². The van der Waals surface area contributed by atoms with Gasteiger partial charge in [-0.3, -0.25) is 14.7 Å². The number of rotatable bonds is 6. The minimum Gasteiger partial charge on any atom is -0.364 e. The molecule has 1 aliphatic heterocycles. The fraction of sp³-hybridized carbons (Fsp3) is 0.500. The molecule has 28 heavy (non-hydrogen) atoms. The minimum atomic E-state index is 0.0706. The van der Waals surface area contributed by atoms with E-state index in [0.29, 0.717) is 24.2 Å². The number of aromatic nitrogens is 2. The lowest BCUT2D eigenvalue weighted by Crippen LogP contribution is -2.56. The van der Waals surface area contributed by atoms with E-state index in [1.165, 1.54) is 0 Å². The third-order valence-corrected chi connectivity index (χ3v) is 5.36. The predicted octanol–water partition coefficient (Wildman–Crippen LogP) is 3.34. The van der Waals surface area contributed by atoms with Crippen molar-refractivity contribution >= 4 is 11.7 Å². The zero-order valence-corrected chi connectivity index (χ0v) is 17.4. The van der Waals surface area contributed by atoms with Crippen molar-refractivity contribution in [3.63, 3.8) is 0 Å². The Kier molecular flexibility index (Phi) is 6.62. The average Bonchev–Trinajstić information content (AvgIpc) is 2.71. The van der Waals surface area contributed by atoms with E-state index in [1.54, 1.807) is 6.20 Å². The van der Waals surface area contributed by atoms with Crippen LogP contribution in [-0.4, -0.2) is 57.4 Å². The summed E-state index contributed by atoms with van der Waals surface area (Å²) in [6.07, 6.45) is 2.72. The third-order valence-electron chi connectivity index (χ3n) is 5.36. The summed E-state index contributed by atoms with van der Waals surface area (Å²) in [6.45, 7) is 11.7. The Hall–Kier alpha value is -2.47. The third kappa shape index (κ3) is 4.87. The fourth-order valence-electron chi connectivity index (χ4n) is 3.78. The number of aryl methyl sites for hydroxylation is 1. The summed E-state index contributed by atoms with van der Waals surface area (Å²) in [5.74, 6) is 0.817. The van der Waals surface area contributed by atoms with Gasteiger partial charge in [0.1, 0.15) is 5.82 Å². The summed E-state index contributed by atoms with van der Waals surface area (Å²) in [7, 11) is 0. The number of anilines is 1. The van der Waals surface area contributed by atoms with Crippen LogP contribution in [-0.2, 0) is 6.54 Å². The maximum atomic E-state index is 12.9. The predicted molar refractivity (Wildman–Crippen MR) is 112 cm³/mol. The first-order valence-corrected chi connectivity index (χ1v) is 10.2. The number of piperazine rings is 1. The molecule has 1 aliphatic rings. The van der Waals surface area contributed by atoms with Gasteiger partial charge >= 0.3 is 0 Å². The van der Waals surface area contributed by atoms with Crippen molar-refractivity contribution in [1.82, 2.24) is 19.8 Å². The SMILES string of the molecule is CC[C@@H]1CN(C(=O)c2ccc(NCc3cccc(C)n3)nc2)CCN1C(C)C. The first-order chi connectivity index (χ1) is 13.5. The highest BCUT2D eigenvalue weighted by Gasteiger charge is 2.30. The smallest absolute Gasteiger partial charge is 0.255 e. The molecular weight excluding hydrogens is 350 g/mol. The van der Waals surface area contributed by atoms with Gasteiger partial charge in [0.2, 0.25) is 0 Å². The van der Waals surface area contributed by atoms with Gasteiger partial charge in [-0.1, -0.05) is 13.0 Å². The highest BCUT2D eigenvalue weighted by atomic mass is 16.2. The highest BCUT2D eigenvalue weighted by Crippen LogP contribution is 2.18. The molecule has 0 unspecified atom stereocenters. The van der Waals surface area contributed by atoms with Crippen LogP contribution >= 0.6 is 0 Å². The first kappa shape index (κ1) is 20.3. The van der Waals surface area contributed by atoms with Crippen LogP contribution in [0.15, 0.2) is 36.5 Å². The van der Waals surface area contributed by atoms with Gasteiger partial charge in [-0.25, -0.2) is 4.98 Å². The largest absolute Gasteiger partial charge is 0.364 e. The monoisotopic (exact) mass is 381 g/mol. The molecule has 3 rings (SSSR count). The van der Waals surface area contributed by atoms with Gasteiger partial charge in [-0.15, -0.1) is 0 Å². The zero-order chi connectivity index (χ0) is 20.1. The Morgan fingerprint density at radius 2 is 2.07 bits per heavy atom. The number of amides is 1. The maximum Gasteiger partial charge on any atom is 0.255 e. The molecule has 1 amide bonds. The van der Waals surface area contributed by atoms with E-state index in [0.717, 1.165) is 43.3 Å². The van der Waals surface area contributed by atoms with Gasteiger partial charge in [0.25, 0.3) is 5.91 Å². The summed E-state index contributed by atoms with van der Waals surface area (Å²) in [6, 6.07) is 10.6. The lowest BCUT2D eigenvalue weighted by atomic mass is 10.1. The number of nitrogens with one attached hydrogen (secondary N) is 1. The number of nitrogens with zero attached hydrogens (tertiary/aromatic N) is 4. The van der Waals surface area contributed by atoms with Crippen LogP contribution in [0.25, 0.3) is 0 Å². The lowest BCUT2D eigenvalue weighted by molar-refractivity contribution is 0.0371. The molecule has 2 aromatic rings. The summed E-state index contributed by atoms with van der Waals surface area (Å²) >= 11 is 0. The van der Waals surface area contributed by atoms with E-state index in [9.17, 15) is 4.79 Å². The summed E-state index contributed by atoms with van der Waals surface area (Å²) in [5.41, 5.74) is 2.61. The van der Waals surface area contributed by atoms with E-state index >= 15 is 0 Å². The van der Waals surface area contributed by atoms with Crippen molar-refractivity contribution in [3.8, 4) is 0 Å². The molecule has 1 N–H and O–H groups in total. The van der Waals surface area contributed by atoms with Crippen LogP contribution in [0.3, 0.4) is 0 Å². The van der Waals surface area contributed by atoms with E-state index < -0.39 is 0 Å². The van der Waals surface area contributed by atoms with Crippen LogP contribution in [0.4, 0.5) is 5.82 Å². The summed E-state index contributed by atoms with van der Waals surface area (Å²) in [4.78, 5) is 26.3. The molecule has 2 aromatic heterocycles. The standard InChI is InChI=1S/C22H31N5O/c1-5-20-15-26(11-12-27(20)16(2)3)22(28)18-9-10-21(23-13-18)24-14-19-8-6-7-17(4)25-19/h6-10,13,16,20H,5,11-12,14-15H2,1-4H3,(H,23,24)/t20-/m1/s1. The van der Waals surface area contributed by atoms with Crippen molar-refractivity contribution < 1.29 is 4.79 Å². The number of carbonyl (C=O) groups excluding carboxylic acids is 1. The summed E-state index contributed by atoms with van der Waals surface area (Å²) in [5, 5.41) is 3.26. The van der Waals surface area contributed by atoms with Gasteiger partial charge < -0.3 is 10.2 Å². The first-order valence-electron chi connectivity index (χ1n) is 10.2. The highest BCUT2D eigenvalue weighted by molar-refractivity contribution is 5.94. The second kappa shape index (κ2) is 9.15. The second-order valence-corrected chi connectivity index (χ2v) is 7.70. The van der Waals surface area contributed by atoms with Crippen molar-refractivity contribution in [2.75, 3.05) is 25.0 Å². The molecule has 0 saturated carbocycles. The van der Waals surface area contributed by atoms with Gasteiger partial charge in [-0.05, 0) is 51.5 Å². The molecule has 0 aliphatic carbocycles. The molecule has 0 aromatic carbocycles. The number of pyridine rings is 2. The molecule has 1 saturated heterocycles. The second-order valence-electron chi connectivity index (χ2n) is 7.70. The van der Waals surface area contributed by atoms with Gasteiger partial charge in [0.05, 0.1) is 17.8 Å². The fourth-order valence-corrected chi connectivity index (χ4v) is 3.78. The molecule has 150 valence electrons. The average molecular weight is 382 g/mol. The van der Waals surface area contributed by atoms with E-state index in [-0.39, 0.29) is 5.91 Å². The van der Waals surface area contributed by atoms with Crippen LogP contribution in [0, 0.1) is 6.92 Å². The molecule has 0 spiro atoms. The van der Waals surface area contributed by atoms with Crippen molar-refractivity contribution in [1.29, 1.82) is 0 Å². The molecular formula is C22H31N5O. The Bertz CT molecular complexity index is 790.